The van der Waals surface area contributed by atoms with E-state index in [4.69, 9.17) is 11.6 Å². The van der Waals surface area contributed by atoms with Gasteiger partial charge in [-0.2, -0.15) is 0 Å². The van der Waals surface area contributed by atoms with Crippen LogP contribution in [0.2, 0.25) is 5.02 Å². The molecule has 1 aliphatic rings. The van der Waals surface area contributed by atoms with Crippen molar-refractivity contribution in [2.45, 2.75) is 12.8 Å². The zero-order valence-corrected chi connectivity index (χ0v) is 14.8. The van der Waals surface area contributed by atoms with Gasteiger partial charge in [0.05, 0.1) is 16.0 Å². The highest BCUT2D eigenvalue weighted by atomic mass is 35.5. The molecule has 2 heterocycles. The van der Waals surface area contributed by atoms with Crippen molar-refractivity contribution in [1.29, 1.82) is 0 Å². The van der Waals surface area contributed by atoms with E-state index in [0.717, 1.165) is 4.70 Å². The smallest absolute Gasteiger partial charge is 0.229 e. The molecule has 9 heteroatoms. The SMILES string of the molecule is CS(=O)(=O)N1CCC(C(=O)Nc2nc3c(Cl)cccc3s2)CC1. The Kier molecular flexibility index (Phi) is 4.59. The van der Waals surface area contributed by atoms with Crippen molar-refractivity contribution in [3.05, 3.63) is 23.2 Å². The number of benzene rings is 1. The number of nitrogens with one attached hydrogen (secondary N) is 1. The number of hydrogen-bond donors (Lipinski definition) is 1. The van der Waals surface area contributed by atoms with E-state index in [2.05, 4.69) is 10.3 Å². The predicted molar refractivity (Wildman–Crippen MR) is 92.4 cm³/mol. The van der Waals surface area contributed by atoms with Gasteiger partial charge in [-0.1, -0.05) is 29.0 Å². The number of aromatic nitrogens is 1. The molecule has 0 unspecified atom stereocenters. The van der Waals surface area contributed by atoms with Crippen LogP contribution in [0.25, 0.3) is 10.2 Å². The fraction of sp³-hybridized carbons (Fsp3) is 0.429. The zero-order chi connectivity index (χ0) is 16.6. The lowest BCUT2D eigenvalue weighted by molar-refractivity contribution is -0.120. The molecule has 0 bridgehead atoms. The van der Waals surface area contributed by atoms with Crippen LogP contribution in [0.3, 0.4) is 0 Å². The summed E-state index contributed by atoms with van der Waals surface area (Å²) in [5.74, 6) is -0.316. The summed E-state index contributed by atoms with van der Waals surface area (Å²) >= 11 is 7.46. The molecule has 0 radical (unpaired) electrons. The van der Waals surface area contributed by atoms with Gasteiger partial charge in [0.25, 0.3) is 0 Å². The minimum atomic E-state index is -3.18. The molecule has 0 spiro atoms. The Hall–Kier alpha value is -1.22. The van der Waals surface area contributed by atoms with Crippen LogP contribution in [-0.4, -0.2) is 43.0 Å². The molecular weight excluding hydrogens is 358 g/mol. The second-order valence-corrected chi connectivity index (χ2v) is 8.95. The largest absolute Gasteiger partial charge is 0.302 e. The number of amides is 1. The number of nitrogens with zero attached hydrogens (tertiary/aromatic N) is 2. The Morgan fingerprint density at radius 2 is 2.09 bits per heavy atom. The lowest BCUT2D eigenvalue weighted by atomic mass is 9.97. The van der Waals surface area contributed by atoms with Gasteiger partial charge >= 0.3 is 0 Å². The molecular formula is C14H16ClN3O3S2. The first-order valence-corrected chi connectivity index (χ1v) is 10.2. The topological polar surface area (TPSA) is 79.4 Å². The van der Waals surface area contributed by atoms with Gasteiger partial charge in [0, 0.05) is 19.0 Å². The summed E-state index contributed by atoms with van der Waals surface area (Å²) in [7, 11) is -3.18. The van der Waals surface area contributed by atoms with E-state index < -0.39 is 10.0 Å². The van der Waals surface area contributed by atoms with Crippen molar-refractivity contribution in [1.82, 2.24) is 9.29 Å². The van der Waals surface area contributed by atoms with E-state index in [9.17, 15) is 13.2 Å². The summed E-state index contributed by atoms with van der Waals surface area (Å²) < 4.78 is 25.3. The monoisotopic (exact) mass is 373 g/mol. The van der Waals surface area contributed by atoms with Crippen molar-refractivity contribution < 1.29 is 13.2 Å². The van der Waals surface area contributed by atoms with Gasteiger partial charge in [-0.3, -0.25) is 4.79 Å². The van der Waals surface area contributed by atoms with Crippen LogP contribution in [0.1, 0.15) is 12.8 Å². The Morgan fingerprint density at radius 3 is 2.70 bits per heavy atom. The highest BCUT2D eigenvalue weighted by Crippen LogP contribution is 2.31. The number of sulfonamides is 1. The number of piperidine rings is 1. The summed E-state index contributed by atoms with van der Waals surface area (Å²) in [5.41, 5.74) is 0.682. The highest BCUT2D eigenvalue weighted by Gasteiger charge is 2.29. The first-order chi connectivity index (χ1) is 10.8. The quantitative estimate of drug-likeness (QED) is 0.896. The molecule has 1 fully saturated rings. The Bertz CT molecular complexity index is 842. The highest BCUT2D eigenvalue weighted by molar-refractivity contribution is 7.88. The molecule has 124 valence electrons. The Balaban J connectivity index is 1.66. The Labute approximate surface area is 143 Å². The van der Waals surface area contributed by atoms with Gasteiger partial charge in [-0.25, -0.2) is 17.7 Å². The van der Waals surface area contributed by atoms with Crippen molar-refractivity contribution >= 4 is 54.2 Å². The molecule has 1 aliphatic heterocycles. The van der Waals surface area contributed by atoms with Crippen LogP contribution in [0.5, 0.6) is 0 Å². The number of rotatable bonds is 3. The number of thiazole rings is 1. The maximum Gasteiger partial charge on any atom is 0.229 e. The van der Waals surface area contributed by atoms with Crippen LogP contribution < -0.4 is 5.32 Å². The second-order valence-electron chi connectivity index (χ2n) is 5.53. The number of halogens is 1. The normalized spacial score (nSPS) is 17.5. The summed E-state index contributed by atoms with van der Waals surface area (Å²) in [6.45, 7) is 0.755. The number of carbonyl (C=O) groups excluding carboxylic acids is 1. The van der Waals surface area contributed by atoms with E-state index in [1.54, 1.807) is 6.07 Å². The van der Waals surface area contributed by atoms with Crippen molar-refractivity contribution in [3.8, 4) is 0 Å². The standard InChI is InChI=1S/C14H16ClN3O3S2/c1-23(20,21)18-7-5-9(6-8-18)13(19)17-14-16-12-10(15)3-2-4-11(12)22-14/h2-4,9H,5-8H2,1H3,(H,16,17,19). The number of hydrogen-bond acceptors (Lipinski definition) is 5. The third kappa shape index (κ3) is 3.65. The summed E-state index contributed by atoms with van der Waals surface area (Å²) in [6.07, 6.45) is 2.23. The van der Waals surface area contributed by atoms with E-state index >= 15 is 0 Å². The van der Waals surface area contributed by atoms with E-state index in [0.29, 0.717) is 41.6 Å². The van der Waals surface area contributed by atoms with Crippen LogP contribution in [0.15, 0.2) is 18.2 Å². The summed E-state index contributed by atoms with van der Waals surface area (Å²) in [4.78, 5) is 16.7. The number of fused-ring (bicyclic) bond motifs is 1. The van der Waals surface area contributed by atoms with E-state index in [-0.39, 0.29) is 11.8 Å². The maximum absolute atomic E-state index is 12.3. The molecule has 1 aromatic heterocycles. The molecule has 0 atom stereocenters. The number of anilines is 1. The summed E-state index contributed by atoms with van der Waals surface area (Å²) in [6, 6.07) is 5.50. The van der Waals surface area contributed by atoms with E-state index in [1.807, 2.05) is 12.1 Å². The zero-order valence-electron chi connectivity index (χ0n) is 12.5. The fourth-order valence-corrected chi connectivity index (χ4v) is 4.67. The average molecular weight is 374 g/mol. The predicted octanol–water partition coefficient (Wildman–Crippen LogP) is 2.56. The van der Waals surface area contributed by atoms with Gasteiger partial charge < -0.3 is 5.32 Å². The lowest BCUT2D eigenvalue weighted by Gasteiger charge is -2.29. The Morgan fingerprint density at radius 1 is 1.39 bits per heavy atom. The molecule has 6 nitrogen and oxygen atoms in total. The average Bonchev–Trinajstić information content (AvgIpc) is 2.90. The molecule has 1 amide bonds. The minimum Gasteiger partial charge on any atom is -0.302 e. The van der Waals surface area contributed by atoms with Gasteiger partial charge in [-0.05, 0) is 25.0 Å². The number of carbonyl (C=O) groups is 1. The molecule has 3 rings (SSSR count). The molecule has 0 saturated carbocycles. The minimum absolute atomic E-state index is 0.117. The fourth-order valence-electron chi connectivity index (χ4n) is 2.63. The molecule has 2 aromatic rings. The van der Waals surface area contributed by atoms with Gasteiger partial charge in [-0.15, -0.1) is 0 Å². The second kappa shape index (κ2) is 6.35. The summed E-state index contributed by atoms with van der Waals surface area (Å²) in [5, 5.41) is 3.90. The third-order valence-corrected chi connectivity index (χ3v) is 6.44. The van der Waals surface area contributed by atoms with Crippen LogP contribution in [-0.2, 0) is 14.8 Å². The lowest BCUT2D eigenvalue weighted by Crippen LogP contribution is -2.40. The molecule has 0 aliphatic carbocycles. The van der Waals surface area contributed by atoms with Gasteiger partial charge in [0.1, 0.15) is 5.52 Å². The molecule has 1 saturated heterocycles. The molecule has 1 N–H and O–H groups in total. The molecule has 1 aromatic carbocycles. The van der Waals surface area contributed by atoms with Crippen LogP contribution in [0.4, 0.5) is 5.13 Å². The van der Waals surface area contributed by atoms with Gasteiger partial charge in [0.2, 0.25) is 15.9 Å². The number of para-hydroxylation sites is 1. The maximum atomic E-state index is 12.3. The van der Waals surface area contributed by atoms with Crippen molar-refractivity contribution in [2.75, 3.05) is 24.7 Å². The van der Waals surface area contributed by atoms with Crippen LogP contribution in [0, 0.1) is 5.92 Å². The molecule has 23 heavy (non-hydrogen) atoms. The van der Waals surface area contributed by atoms with E-state index in [1.165, 1.54) is 21.9 Å². The third-order valence-electron chi connectivity index (χ3n) is 3.89. The first-order valence-electron chi connectivity index (χ1n) is 7.15. The van der Waals surface area contributed by atoms with Gasteiger partial charge in [0.15, 0.2) is 5.13 Å². The van der Waals surface area contributed by atoms with Crippen molar-refractivity contribution in [2.24, 2.45) is 5.92 Å². The first kappa shape index (κ1) is 16.6. The van der Waals surface area contributed by atoms with Crippen molar-refractivity contribution in [3.63, 3.8) is 0 Å². The van der Waals surface area contributed by atoms with Crippen LogP contribution >= 0.6 is 22.9 Å².